The van der Waals surface area contributed by atoms with Gasteiger partial charge in [-0.15, -0.1) is 0 Å². The molecule has 2 aliphatic rings. The van der Waals surface area contributed by atoms with Crippen LogP contribution in [0.25, 0.3) is 0 Å². The van der Waals surface area contributed by atoms with Gasteiger partial charge in [0.05, 0.1) is 12.3 Å². The Morgan fingerprint density at radius 1 is 1.35 bits per heavy atom. The maximum Gasteiger partial charge on any atom is 0.120 e. The van der Waals surface area contributed by atoms with Crippen LogP contribution in [0.2, 0.25) is 0 Å². The molecule has 2 unspecified atom stereocenters. The average Bonchev–Trinajstić information content (AvgIpc) is 2.88. The molecule has 3 nitrogen and oxygen atoms in total. The second-order valence-corrected chi connectivity index (χ2v) is 5.62. The zero-order chi connectivity index (χ0) is 11.8. The lowest BCUT2D eigenvalue weighted by Crippen LogP contribution is -2.47. The van der Waals surface area contributed by atoms with E-state index in [1.54, 1.807) is 6.26 Å². The summed E-state index contributed by atoms with van der Waals surface area (Å²) >= 11 is 0. The molecule has 2 aliphatic heterocycles. The van der Waals surface area contributed by atoms with Gasteiger partial charge in [0, 0.05) is 18.1 Å². The number of piperidine rings is 1. The lowest BCUT2D eigenvalue weighted by molar-refractivity contribution is 0.142. The molecular formula is C14H22N2O. The van der Waals surface area contributed by atoms with E-state index in [-0.39, 0.29) is 0 Å². The molecule has 0 saturated carbocycles. The third-order valence-electron chi connectivity index (χ3n) is 4.55. The third kappa shape index (κ3) is 2.14. The molecule has 0 amide bonds. The number of rotatable bonds is 3. The van der Waals surface area contributed by atoms with E-state index in [9.17, 15) is 0 Å². The minimum absolute atomic E-state index is 0.331. The summed E-state index contributed by atoms with van der Waals surface area (Å²) in [7, 11) is 2.29. The van der Waals surface area contributed by atoms with E-state index in [4.69, 9.17) is 4.42 Å². The lowest BCUT2D eigenvalue weighted by atomic mass is 9.97. The molecular weight excluding hydrogens is 212 g/mol. The quantitative estimate of drug-likeness (QED) is 0.871. The van der Waals surface area contributed by atoms with E-state index in [2.05, 4.69) is 30.3 Å². The number of hydrogen-bond acceptors (Lipinski definition) is 3. The first-order valence-electron chi connectivity index (χ1n) is 6.75. The summed E-state index contributed by atoms with van der Waals surface area (Å²) in [6.07, 6.45) is 7.10. The molecule has 1 N–H and O–H groups in total. The average molecular weight is 234 g/mol. The molecule has 0 spiro atoms. The van der Waals surface area contributed by atoms with Crippen LogP contribution in [0.4, 0.5) is 0 Å². The molecule has 1 aromatic heterocycles. The topological polar surface area (TPSA) is 28.4 Å². The minimum Gasteiger partial charge on any atom is -0.468 e. The number of furan rings is 1. The summed E-state index contributed by atoms with van der Waals surface area (Å²) in [5, 5.41) is 3.72. The van der Waals surface area contributed by atoms with Crippen molar-refractivity contribution in [2.24, 2.45) is 0 Å². The summed E-state index contributed by atoms with van der Waals surface area (Å²) in [5.74, 6) is 1.05. The monoisotopic (exact) mass is 234 g/mol. The van der Waals surface area contributed by atoms with E-state index >= 15 is 0 Å². The van der Waals surface area contributed by atoms with E-state index in [1.165, 1.54) is 25.7 Å². The van der Waals surface area contributed by atoms with Crippen LogP contribution in [0.3, 0.4) is 0 Å². The van der Waals surface area contributed by atoms with Gasteiger partial charge in [-0.25, -0.2) is 0 Å². The zero-order valence-electron chi connectivity index (χ0n) is 10.7. The molecule has 3 rings (SSSR count). The molecule has 3 atom stereocenters. The van der Waals surface area contributed by atoms with Crippen molar-refractivity contribution < 1.29 is 4.42 Å². The normalized spacial score (nSPS) is 35.1. The van der Waals surface area contributed by atoms with Crippen molar-refractivity contribution in [2.75, 3.05) is 7.05 Å². The summed E-state index contributed by atoms with van der Waals surface area (Å²) in [4.78, 5) is 2.58. The molecule has 1 aromatic rings. The summed E-state index contributed by atoms with van der Waals surface area (Å²) in [5.41, 5.74) is 0. The molecule has 0 aliphatic carbocycles. The fraction of sp³-hybridized carbons (Fsp3) is 0.714. The highest BCUT2D eigenvalue weighted by molar-refractivity contribution is 5.05. The first-order valence-corrected chi connectivity index (χ1v) is 6.75. The van der Waals surface area contributed by atoms with Crippen LogP contribution in [0.1, 0.15) is 44.4 Å². The lowest BCUT2D eigenvalue weighted by Gasteiger charge is -2.37. The van der Waals surface area contributed by atoms with Crippen molar-refractivity contribution >= 4 is 0 Å². The molecule has 3 heteroatoms. The van der Waals surface area contributed by atoms with Crippen LogP contribution in [-0.2, 0) is 0 Å². The van der Waals surface area contributed by atoms with E-state index in [0.29, 0.717) is 12.1 Å². The van der Waals surface area contributed by atoms with E-state index in [0.717, 1.165) is 17.8 Å². The molecule has 2 bridgehead atoms. The highest BCUT2D eigenvalue weighted by Crippen LogP contribution is 2.34. The molecule has 0 radical (unpaired) electrons. The van der Waals surface area contributed by atoms with Gasteiger partial charge in [-0.05, 0) is 51.8 Å². The Morgan fingerprint density at radius 2 is 2.06 bits per heavy atom. The first kappa shape index (κ1) is 11.3. The van der Waals surface area contributed by atoms with Gasteiger partial charge in [0.25, 0.3) is 0 Å². The largest absolute Gasteiger partial charge is 0.468 e. The Bertz CT molecular complexity index is 348. The standard InChI is InChI=1S/C14H22N2O/c1-10(14-4-3-7-17-14)15-11-8-12-5-6-13(9-11)16(12)2/h3-4,7,10-13,15H,5-6,8-9H2,1-2H3/t10-,11?,12?,13?/m1/s1. The van der Waals surface area contributed by atoms with Crippen LogP contribution >= 0.6 is 0 Å². The summed E-state index contributed by atoms with van der Waals surface area (Å²) < 4.78 is 5.45. The van der Waals surface area contributed by atoms with Gasteiger partial charge in [-0.1, -0.05) is 0 Å². The number of hydrogen-bond donors (Lipinski definition) is 1. The van der Waals surface area contributed by atoms with Gasteiger partial charge in [0.1, 0.15) is 5.76 Å². The fourth-order valence-corrected chi connectivity index (χ4v) is 3.52. The van der Waals surface area contributed by atoms with Crippen molar-refractivity contribution in [3.8, 4) is 0 Å². The van der Waals surface area contributed by atoms with Gasteiger partial charge in [0.15, 0.2) is 0 Å². The number of fused-ring (bicyclic) bond motifs is 2. The van der Waals surface area contributed by atoms with Crippen LogP contribution in [0.5, 0.6) is 0 Å². The van der Waals surface area contributed by atoms with Crippen LogP contribution in [-0.4, -0.2) is 30.1 Å². The smallest absolute Gasteiger partial charge is 0.120 e. The van der Waals surface area contributed by atoms with E-state index in [1.807, 2.05) is 6.07 Å². The molecule has 2 fully saturated rings. The van der Waals surface area contributed by atoms with Crippen LogP contribution in [0.15, 0.2) is 22.8 Å². The van der Waals surface area contributed by atoms with Gasteiger partial charge in [-0.3, -0.25) is 0 Å². The Hall–Kier alpha value is -0.800. The predicted molar refractivity (Wildman–Crippen MR) is 67.9 cm³/mol. The first-order chi connectivity index (χ1) is 8.24. The van der Waals surface area contributed by atoms with Crippen molar-refractivity contribution in [3.63, 3.8) is 0 Å². The van der Waals surface area contributed by atoms with Gasteiger partial charge >= 0.3 is 0 Å². The van der Waals surface area contributed by atoms with Crippen molar-refractivity contribution in [1.29, 1.82) is 0 Å². The predicted octanol–water partition coefficient (Wildman–Crippen LogP) is 2.56. The Balaban J connectivity index is 1.60. The molecule has 94 valence electrons. The highest BCUT2D eigenvalue weighted by atomic mass is 16.3. The fourth-order valence-electron chi connectivity index (χ4n) is 3.52. The van der Waals surface area contributed by atoms with Crippen molar-refractivity contribution in [1.82, 2.24) is 10.2 Å². The summed E-state index contributed by atoms with van der Waals surface area (Å²) in [6, 6.07) is 6.61. The zero-order valence-corrected chi connectivity index (χ0v) is 10.7. The number of nitrogens with one attached hydrogen (secondary N) is 1. The second-order valence-electron chi connectivity index (χ2n) is 5.62. The highest BCUT2D eigenvalue weighted by Gasteiger charge is 2.38. The van der Waals surface area contributed by atoms with E-state index < -0.39 is 0 Å². The Kier molecular flexibility index (Phi) is 2.97. The third-order valence-corrected chi connectivity index (χ3v) is 4.55. The number of nitrogens with zero attached hydrogens (tertiary/aromatic N) is 1. The van der Waals surface area contributed by atoms with Crippen molar-refractivity contribution in [3.05, 3.63) is 24.2 Å². The Labute approximate surface area is 103 Å². The van der Waals surface area contributed by atoms with Crippen LogP contribution < -0.4 is 5.32 Å². The SMILES string of the molecule is C[C@@H](NC1CC2CCC(C1)N2C)c1ccco1. The second kappa shape index (κ2) is 4.46. The van der Waals surface area contributed by atoms with Crippen molar-refractivity contribution in [2.45, 2.75) is 56.8 Å². The minimum atomic E-state index is 0.331. The van der Waals surface area contributed by atoms with Gasteiger partial charge < -0.3 is 14.6 Å². The maximum absolute atomic E-state index is 5.45. The summed E-state index contributed by atoms with van der Waals surface area (Å²) in [6.45, 7) is 2.19. The molecule has 2 saturated heterocycles. The molecule has 0 aromatic carbocycles. The van der Waals surface area contributed by atoms with Gasteiger partial charge in [-0.2, -0.15) is 0 Å². The Morgan fingerprint density at radius 3 is 2.65 bits per heavy atom. The van der Waals surface area contributed by atoms with Crippen LogP contribution in [0, 0.1) is 0 Å². The molecule has 17 heavy (non-hydrogen) atoms. The molecule has 3 heterocycles. The van der Waals surface area contributed by atoms with Gasteiger partial charge in [0.2, 0.25) is 0 Å². The maximum atomic E-state index is 5.45.